The third-order valence-electron chi connectivity index (χ3n) is 3.33. The van der Waals surface area contributed by atoms with Crippen molar-refractivity contribution in [1.29, 1.82) is 0 Å². The van der Waals surface area contributed by atoms with Gasteiger partial charge >= 0.3 is 0 Å². The second kappa shape index (κ2) is 7.73. The average molecular weight is 375 g/mol. The fourth-order valence-electron chi connectivity index (χ4n) is 2.12. The Morgan fingerprint density at radius 3 is 2.48 bits per heavy atom. The Morgan fingerprint density at radius 2 is 1.84 bits per heavy atom. The summed E-state index contributed by atoms with van der Waals surface area (Å²) >= 11 is 1.23. The van der Waals surface area contributed by atoms with Crippen molar-refractivity contribution < 1.29 is 13.2 Å². The van der Waals surface area contributed by atoms with Crippen molar-refractivity contribution >= 4 is 21.4 Å². The van der Waals surface area contributed by atoms with Crippen molar-refractivity contribution in [1.82, 2.24) is 14.9 Å². The van der Waals surface area contributed by atoms with Crippen LogP contribution in [-0.4, -0.2) is 31.8 Å². The molecule has 25 heavy (non-hydrogen) atoms. The maximum absolute atomic E-state index is 12.1. The molecule has 8 heteroatoms. The Labute approximate surface area is 150 Å². The van der Waals surface area contributed by atoms with Gasteiger partial charge in [0.05, 0.1) is 5.69 Å². The van der Waals surface area contributed by atoms with Crippen molar-refractivity contribution in [2.45, 2.75) is 11.1 Å². The molecule has 0 saturated heterocycles. The van der Waals surface area contributed by atoms with Gasteiger partial charge in [-0.05, 0) is 25.1 Å². The molecular weight excluding hydrogens is 358 g/mol. The standard InChI is InChI=1S/C17H17N3O3S2/c1-13-7-10-17(24-13)25(21,22)18-11-12-23-16-9-8-15(19-20-16)14-5-3-2-4-6-14/h2-10,18H,11-12H2,1H3. The zero-order valence-corrected chi connectivity index (χ0v) is 15.2. The molecule has 0 fully saturated rings. The van der Waals surface area contributed by atoms with Crippen LogP contribution in [0.25, 0.3) is 11.3 Å². The zero-order valence-electron chi connectivity index (χ0n) is 13.5. The van der Waals surface area contributed by atoms with E-state index in [0.717, 1.165) is 16.1 Å². The molecule has 130 valence electrons. The predicted octanol–water partition coefficient (Wildman–Crippen LogP) is 2.87. The molecule has 0 saturated carbocycles. The minimum atomic E-state index is -3.48. The number of nitrogens with zero attached hydrogens (tertiary/aromatic N) is 2. The number of nitrogens with one attached hydrogen (secondary N) is 1. The van der Waals surface area contributed by atoms with Crippen LogP contribution in [0.1, 0.15) is 4.88 Å². The maximum atomic E-state index is 12.1. The van der Waals surface area contributed by atoms with Gasteiger partial charge < -0.3 is 4.74 Å². The van der Waals surface area contributed by atoms with Crippen molar-refractivity contribution in [3.63, 3.8) is 0 Å². The predicted molar refractivity (Wildman–Crippen MR) is 97.2 cm³/mol. The van der Waals surface area contributed by atoms with Gasteiger partial charge in [-0.1, -0.05) is 30.3 Å². The van der Waals surface area contributed by atoms with Crippen molar-refractivity contribution in [2.24, 2.45) is 0 Å². The van der Waals surface area contributed by atoms with E-state index in [1.807, 2.05) is 43.3 Å². The van der Waals surface area contributed by atoms with E-state index in [1.165, 1.54) is 11.3 Å². The first-order valence-corrected chi connectivity index (χ1v) is 9.93. The SMILES string of the molecule is Cc1ccc(S(=O)(=O)NCCOc2ccc(-c3ccccc3)nn2)s1. The van der Waals surface area contributed by atoms with E-state index in [0.29, 0.717) is 10.1 Å². The largest absolute Gasteiger partial charge is 0.475 e. The molecule has 0 unspecified atom stereocenters. The second-order valence-electron chi connectivity index (χ2n) is 5.23. The Bertz CT molecular complexity index is 923. The van der Waals surface area contributed by atoms with Crippen molar-refractivity contribution in [2.75, 3.05) is 13.2 Å². The first-order valence-electron chi connectivity index (χ1n) is 7.63. The number of sulfonamides is 1. The molecule has 3 aromatic rings. The quantitative estimate of drug-likeness (QED) is 0.642. The number of hydrogen-bond acceptors (Lipinski definition) is 6. The molecule has 6 nitrogen and oxygen atoms in total. The molecular formula is C17H17N3O3S2. The second-order valence-corrected chi connectivity index (χ2v) is 8.52. The molecule has 0 aliphatic heterocycles. The van der Waals surface area contributed by atoms with Gasteiger partial charge in [0, 0.05) is 23.1 Å². The highest BCUT2D eigenvalue weighted by Crippen LogP contribution is 2.20. The summed E-state index contributed by atoms with van der Waals surface area (Å²) in [5, 5.41) is 8.12. The number of rotatable bonds is 7. The average Bonchev–Trinajstić information content (AvgIpc) is 3.07. The lowest BCUT2D eigenvalue weighted by Crippen LogP contribution is -2.27. The lowest BCUT2D eigenvalue weighted by molar-refractivity contribution is 0.307. The van der Waals surface area contributed by atoms with E-state index < -0.39 is 10.0 Å². The fourth-order valence-corrected chi connectivity index (χ4v) is 4.46. The normalized spacial score (nSPS) is 11.4. The van der Waals surface area contributed by atoms with Gasteiger partial charge in [0.2, 0.25) is 15.9 Å². The van der Waals surface area contributed by atoms with Gasteiger partial charge in [0.25, 0.3) is 0 Å². The highest BCUT2D eigenvalue weighted by Gasteiger charge is 2.15. The monoisotopic (exact) mass is 375 g/mol. The summed E-state index contributed by atoms with van der Waals surface area (Å²) < 4.78 is 32.4. The molecule has 0 radical (unpaired) electrons. The summed E-state index contributed by atoms with van der Waals surface area (Å²) in [5.41, 5.74) is 1.72. The summed E-state index contributed by atoms with van der Waals surface area (Å²) in [4.78, 5) is 0.949. The van der Waals surface area contributed by atoms with Crippen molar-refractivity contribution in [3.05, 3.63) is 59.5 Å². The van der Waals surface area contributed by atoms with Gasteiger partial charge in [0.15, 0.2) is 0 Å². The lowest BCUT2D eigenvalue weighted by atomic mass is 10.1. The molecule has 0 atom stereocenters. The molecule has 3 rings (SSSR count). The number of thiophene rings is 1. The van der Waals surface area contributed by atoms with Crippen LogP contribution in [0.5, 0.6) is 5.88 Å². The van der Waals surface area contributed by atoms with E-state index in [9.17, 15) is 8.42 Å². The third kappa shape index (κ3) is 4.62. The summed E-state index contributed by atoms with van der Waals surface area (Å²) in [6, 6.07) is 16.6. The van der Waals surface area contributed by atoms with Gasteiger partial charge in [-0.25, -0.2) is 13.1 Å². The Balaban J connectivity index is 1.51. The highest BCUT2D eigenvalue weighted by atomic mass is 32.2. The molecule has 1 N–H and O–H groups in total. The van der Waals surface area contributed by atoms with Crippen LogP contribution < -0.4 is 9.46 Å². The van der Waals surface area contributed by atoms with Crippen LogP contribution in [0.3, 0.4) is 0 Å². The van der Waals surface area contributed by atoms with E-state index in [4.69, 9.17) is 4.74 Å². The number of ether oxygens (including phenoxy) is 1. The van der Waals surface area contributed by atoms with Crippen LogP contribution >= 0.6 is 11.3 Å². The fraction of sp³-hybridized carbons (Fsp3) is 0.176. The molecule has 0 aliphatic rings. The Morgan fingerprint density at radius 1 is 1.04 bits per heavy atom. The van der Waals surface area contributed by atoms with Gasteiger partial charge in [-0.3, -0.25) is 0 Å². The third-order valence-corrected chi connectivity index (χ3v) is 6.29. The van der Waals surface area contributed by atoms with E-state index in [1.54, 1.807) is 18.2 Å². The number of aromatic nitrogens is 2. The van der Waals surface area contributed by atoms with Crippen LogP contribution in [0, 0.1) is 6.92 Å². The van der Waals surface area contributed by atoms with E-state index >= 15 is 0 Å². The topological polar surface area (TPSA) is 81.2 Å². The Kier molecular flexibility index (Phi) is 5.42. The Hall–Kier alpha value is -2.29. The molecule has 0 spiro atoms. The number of benzene rings is 1. The highest BCUT2D eigenvalue weighted by molar-refractivity contribution is 7.91. The number of hydrogen-bond donors (Lipinski definition) is 1. The lowest BCUT2D eigenvalue weighted by Gasteiger charge is -2.07. The van der Waals surface area contributed by atoms with Crippen LogP contribution in [-0.2, 0) is 10.0 Å². The summed E-state index contributed by atoms with van der Waals surface area (Å²) in [6.45, 7) is 2.19. The number of aryl methyl sites for hydroxylation is 1. The smallest absolute Gasteiger partial charge is 0.250 e. The van der Waals surface area contributed by atoms with E-state index in [-0.39, 0.29) is 13.2 Å². The molecule has 0 amide bonds. The maximum Gasteiger partial charge on any atom is 0.250 e. The minimum absolute atomic E-state index is 0.154. The first kappa shape index (κ1) is 17.5. The van der Waals surface area contributed by atoms with Crippen LogP contribution in [0.4, 0.5) is 0 Å². The van der Waals surface area contributed by atoms with Gasteiger partial charge in [0.1, 0.15) is 10.8 Å². The van der Waals surface area contributed by atoms with Crippen molar-refractivity contribution in [3.8, 4) is 17.1 Å². The van der Waals surface area contributed by atoms with E-state index in [2.05, 4.69) is 14.9 Å². The molecule has 2 heterocycles. The molecule has 2 aromatic heterocycles. The minimum Gasteiger partial charge on any atom is -0.475 e. The molecule has 1 aromatic carbocycles. The van der Waals surface area contributed by atoms with Crippen LogP contribution in [0.2, 0.25) is 0 Å². The zero-order chi connectivity index (χ0) is 17.7. The van der Waals surface area contributed by atoms with Crippen LogP contribution in [0.15, 0.2) is 58.8 Å². The van der Waals surface area contributed by atoms with Gasteiger partial charge in [-0.2, -0.15) is 0 Å². The summed E-state index contributed by atoms with van der Waals surface area (Å²) in [5.74, 6) is 0.353. The summed E-state index contributed by atoms with van der Waals surface area (Å²) in [6.07, 6.45) is 0. The molecule has 0 bridgehead atoms. The first-order chi connectivity index (χ1) is 12.0. The molecule has 0 aliphatic carbocycles. The summed E-state index contributed by atoms with van der Waals surface area (Å²) in [7, 11) is -3.48. The van der Waals surface area contributed by atoms with Gasteiger partial charge in [-0.15, -0.1) is 21.5 Å².